The van der Waals surface area contributed by atoms with Gasteiger partial charge in [-0.15, -0.1) is 0 Å². The van der Waals surface area contributed by atoms with E-state index in [0.717, 1.165) is 11.5 Å². The molecule has 0 unspecified atom stereocenters. The second-order valence-corrected chi connectivity index (χ2v) is 5.40. The Balaban J connectivity index is 1.59. The second-order valence-electron chi connectivity index (χ2n) is 5.40. The van der Waals surface area contributed by atoms with Gasteiger partial charge in [-0.1, -0.05) is 18.2 Å². The Hall–Kier alpha value is -2.17. The summed E-state index contributed by atoms with van der Waals surface area (Å²) in [6, 6.07) is 9.33. The summed E-state index contributed by atoms with van der Waals surface area (Å²) < 4.78 is 13.5. The molecule has 110 valence electrons. The molecule has 2 N–H and O–H groups in total. The molecule has 0 spiro atoms. The summed E-state index contributed by atoms with van der Waals surface area (Å²) in [5.74, 6) is 1.29. The average Bonchev–Trinajstić information content (AvgIpc) is 3.24. The SMILES string of the molecule is Cc1cc(NC2CC2)nc(NCCc2ccccc2F)n1. The first-order valence-electron chi connectivity index (χ1n) is 7.30. The van der Waals surface area contributed by atoms with Gasteiger partial charge in [-0.2, -0.15) is 4.98 Å². The number of hydrogen-bond acceptors (Lipinski definition) is 4. The Morgan fingerprint density at radius 1 is 1.24 bits per heavy atom. The standard InChI is InChI=1S/C16H19FN4/c1-11-10-15(20-13-6-7-13)21-16(19-11)18-9-8-12-4-2-3-5-14(12)17/h2-5,10,13H,6-9H2,1H3,(H2,18,19,20,21). The smallest absolute Gasteiger partial charge is 0.224 e. The molecule has 1 aromatic carbocycles. The van der Waals surface area contributed by atoms with Crippen LogP contribution >= 0.6 is 0 Å². The number of aryl methyl sites for hydroxylation is 1. The second kappa shape index (κ2) is 6.08. The van der Waals surface area contributed by atoms with Crippen molar-refractivity contribution in [1.82, 2.24) is 9.97 Å². The monoisotopic (exact) mass is 286 g/mol. The first-order chi connectivity index (χ1) is 10.2. The topological polar surface area (TPSA) is 49.8 Å². The summed E-state index contributed by atoms with van der Waals surface area (Å²) >= 11 is 0. The molecular weight excluding hydrogens is 267 g/mol. The van der Waals surface area contributed by atoms with Gasteiger partial charge in [-0.05, 0) is 37.8 Å². The molecule has 1 aliphatic carbocycles. The fourth-order valence-corrected chi connectivity index (χ4v) is 2.17. The van der Waals surface area contributed by atoms with Crippen LogP contribution < -0.4 is 10.6 Å². The number of rotatable bonds is 6. The van der Waals surface area contributed by atoms with Crippen molar-refractivity contribution < 1.29 is 4.39 Å². The molecule has 1 aromatic heterocycles. The molecular formula is C16H19FN4. The highest BCUT2D eigenvalue weighted by Gasteiger charge is 2.21. The Morgan fingerprint density at radius 3 is 2.81 bits per heavy atom. The van der Waals surface area contributed by atoms with Crippen LogP contribution in [-0.4, -0.2) is 22.6 Å². The van der Waals surface area contributed by atoms with Gasteiger partial charge in [-0.3, -0.25) is 0 Å². The molecule has 1 aliphatic rings. The molecule has 0 aliphatic heterocycles. The lowest BCUT2D eigenvalue weighted by Gasteiger charge is -2.09. The largest absolute Gasteiger partial charge is 0.367 e. The summed E-state index contributed by atoms with van der Waals surface area (Å²) in [5, 5.41) is 6.53. The van der Waals surface area contributed by atoms with Crippen molar-refractivity contribution >= 4 is 11.8 Å². The van der Waals surface area contributed by atoms with E-state index >= 15 is 0 Å². The maximum absolute atomic E-state index is 13.5. The van der Waals surface area contributed by atoms with Crippen LogP contribution in [0.4, 0.5) is 16.2 Å². The predicted octanol–water partition coefficient (Wildman–Crippen LogP) is 3.15. The lowest BCUT2D eigenvalue weighted by atomic mass is 10.1. The van der Waals surface area contributed by atoms with E-state index in [1.54, 1.807) is 12.1 Å². The third-order valence-electron chi connectivity index (χ3n) is 3.42. The van der Waals surface area contributed by atoms with Crippen molar-refractivity contribution in [2.24, 2.45) is 0 Å². The quantitative estimate of drug-likeness (QED) is 0.856. The zero-order valence-corrected chi connectivity index (χ0v) is 12.1. The zero-order valence-electron chi connectivity index (χ0n) is 12.1. The summed E-state index contributed by atoms with van der Waals surface area (Å²) in [7, 11) is 0. The van der Waals surface area contributed by atoms with Crippen LogP contribution in [0.25, 0.3) is 0 Å². The van der Waals surface area contributed by atoms with E-state index in [1.807, 2.05) is 19.1 Å². The van der Waals surface area contributed by atoms with Gasteiger partial charge in [0.2, 0.25) is 5.95 Å². The lowest BCUT2D eigenvalue weighted by Crippen LogP contribution is -2.11. The van der Waals surface area contributed by atoms with Gasteiger partial charge in [0.15, 0.2) is 0 Å². The minimum absolute atomic E-state index is 0.166. The van der Waals surface area contributed by atoms with E-state index in [4.69, 9.17) is 0 Å². The van der Waals surface area contributed by atoms with Gasteiger partial charge in [0.05, 0.1) is 0 Å². The Kier molecular flexibility index (Phi) is 3.99. The predicted molar refractivity (Wildman–Crippen MR) is 82.0 cm³/mol. The first-order valence-corrected chi connectivity index (χ1v) is 7.30. The van der Waals surface area contributed by atoms with Crippen LogP contribution in [0.5, 0.6) is 0 Å². The molecule has 0 bridgehead atoms. The fourth-order valence-electron chi connectivity index (χ4n) is 2.17. The van der Waals surface area contributed by atoms with Crippen LogP contribution in [0.3, 0.4) is 0 Å². The van der Waals surface area contributed by atoms with E-state index in [2.05, 4.69) is 20.6 Å². The van der Waals surface area contributed by atoms with E-state index < -0.39 is 0 Å². The number of nitrogens with zero attached hydrogens (tertiary/aromatic N) is 2. The molecule has 4 nitrogen and oxygen atoms in total. The maximum atomic E-state index is 13.5. The van der Waals surface area contributed by atoms with Gasteiger partial charge in [0, 0.05) is 24.3 Å². The van der Waals surface area contributed by atoms with Crippen molar-refractivity contribution in [2.45, 2.75) is 32.2 Å². The van der Waals surface area contributed by atoms with Crippen molar-refractivity contribution in [1.29, 1.82) is 0 Å². The fraction of sp³-hybridized carbons (Fsp3) is 0.375. The Morgan fingerprint density at radius 2 is 2.05 bits per heavy atom. The highest BCUT2D eigenvalue weighted by molar-refractivity contribution is 5.43. The number of aromatic nitrogens is 2. The zero-order chi connectivity index (χ0) is 14.7. The molecule has 0 saturated heterocycles. The number of halogens is 1. The first kappa shape index (κ1) is 13.8. The molecule has 0 amide bonds. The van der Waals surface area contributed by atoms with E-state index in [1.165, 1.54) is 18.9 Å². The van der Waals surface area contributed by atoms with Crippen molar-refractivity contribution in [3.8, 4) is 0 Å². The van der Waals surface area contributed by atoms with Crippen molar-refractivity contribution in [3.05, 3.63) is 47.4 Å². The van der Waals surface area contributed by atoms with E-state index in [9.17, 15) is 4.39 Å². The summed E-state index contributed by atoms with van der Waals surface area (Å²) in [4.78, 5) is 8.80. The molecule has 0 atom stereocenters. The average molecular weight is 286 g/mol. The highest BCUT2D eigenvalue weighted by Crippen LogP contribution is 2.24. The van der Waals surface area contributed by atoms with Crippen LogP contribution in [0.15, 0.2) is 30.3 Å². The molecule has 0 radical (unpaired) electrons. The number of hydrogen-bond donors (Lipinski definition) is 2. The van der Waals surface area contributed by atoms with Gasteiger partial charge in [0.1, 0.15) is 11.6 Å². The normalized spacial score (nSPS) is 14.0. The Bertz CT molecular complexity index is 625. The number of anilines is 2. The maximum Gasteiger partial charge on any atom is 0.224 e. The lowest BCUT2D eigenvalue weighted by molar-refractivity contribution is 0.610. The van der Waals surface area contributed by atoms with Crippen molar-refractivity contribution in [2.75, 3.05) is 17.2 Å². The number of benzene rings is 1. The molecule has 1 fully saturated rings. The number of nitrogens with one attached hydrogen (secondary N) is 2. The minimum Gasteiger partial charge on any atom is -0.367 e. The van der Waals surface area contributed by atoms with E-state index in [-0.39, 0.29) is 5.82 Å². The third-order valence-corrected chi connectivity index (χ3v) is 3.42. The molecule has 2 aromatic rings. The van der Waals surface area contributed by atoms with Crippen LogP contribution in [0.1, 0.15) is 24.1 Å². The molecule has 21 heavy (non-hydrogen) atoms. The minimum atomic E-state index is -0.166. The summed E-state index contributed by atoms with van der Waals surface area (Å²) in [6.07, 6.45) is 3.02. The van der Waals surface area contributed by atoms with Crippen molar-refractivity contribution in [3.63, 3.8) is 0 Å². The molecule has 3 rings (SSSR count). The van der Waals surface area contributed by atoms with Gasteiger partial charge in [-0.25, -0.2) is 9.37 Å². The van der Waals surface area contributed by atoms with Gasteiger partial charge in [0.25, 0.3) is 0 Å². The van der Waals surface area contributed by atoms with Crippen LogP contribution in [-0.2, 0) is 6.42 Å². The molecule has 5 heteroatoms. The summed E-state index contributed by atoms with van der Waals surface area (Å²) in [5.41, 5.74) is 1.62. The van der Waals surface area contributed by atoms with Crippen LogP contribution in [0.2, 0.25) is 0 Å². The molecule has 1 heterocycles. The van der Waals surface area contributed by atoms with Gasteiger partial charge < -0.3 is 10.6 Å². The Labute approximate surface area is 123 Å². The molecule has 1 saturated carbocycles. The van der Waals surface area contributed by atoms with Crippen LogP contribution in [0, 0.1) is 12.7 Å². The third kappa shape index (κ3) is 3.90. The van der Waals surface area contributed by atoms with E-state index in [0.29, 0.717) is 30.5 Å². The highest BCUT2D eigenvalue weighted by atomic mass is 19.1. The summed E-state index contributed by atoms with van der Waals surface area (Å²) in [6.45, 7) is 2.55. The van der Waals surface area contributed by atoms with Gasteiger partial charge >= 0.3 is 0 Å².